The van der Waals surface area contributed by atoms with Crippen molar-refractivity contribution in [1.82, 2.24) is 4.57 Å². The SMILES string of the molecule is CC(N)Cn1ccc2sccc2c1=O. The Hall–Kier alpha value is -1.13. The molecule has 2 aromatic rings. The molecule has 0 fully saturated rings. The number of aromatic nitrogens is 1. The first-order chi connectivity index (χ1) is 6.68. The van der Waals surface area contributed by atoms with Crippen LogP contribution in [-0.4, -0.2) is 10.6 Å². The Morgan fingerprint density at radius 1 is 1.57 bits per heavy atom. The van der Waals surface area contributed by atoms with Crippen molar-refractivity contribution in [2.24, 2.45) is 5.73 Å². The van der Waals surface area contributed by atoms with Crippen molar-refractivity contribution < 1.29 is 0 Å². The Morgan fingerprint density at radius 2 is 2.36 bits per heavy atom. The van der Waals surface area contributed by atoms with E-state index in [0.717, 1.165) is 10.1 Å². The van der Waals surface area contributed by atoms with Crippen molar-refractivity contribution in [3.05, 3.63) is 34.1 Å². The molecule has 1 atom stereocenters. The first kappa shape index (κ1) is 9.43. The number of nitrogens with two attached hydrogens (primary N) is 1. The van der Waals surface area contributed by atoms with Crippen molar-refractivity contribution in [3.8, 4) is 0 Å². The minimum atomic E-state index is 0.00351. The van der Waals surface area contributed by atoms with E-state index in [0.29, 0.717) is 6.54 Å². The lowest BCUT2D eigenvalue weighted by Gasteiger charge is -2.07. The number of nitrogens with zero attached hydrogens (tertiary/aromatic N) is 1. The minimum absolute atomic E-state index is 0.00351. The predicted molar refractivity (Wildman–Crippen MR) is 59.7 cm³/mol. The van der Waals surface area contributed by atoms with Crippen molar-refractivity contribution in [1.29, 1.82) is 0 Å². The number of pyridine rings is 1. The van der Waals surface area contributed by atoms with Gasteiger partial charge in [0.25, 0.3) is 5.56 Å². The molecule has 0 spiro atoms. The van der Waals surface area contributed by atoms with Gasteiger partial charge in [0.15, 0.2) is 0 Å². The lowest BCUT2D eigenvalue weighted by atomic mass is 10.3. The third kappa shape index (κ3) is 1.58. The molecular formula is C10H12N2OS. The number of rotatable bonds is 2. The van der Waals surface area contributed by atoms with E-state index < -0.39 is 0 Å². The normalized spacial score (nSPS) is 13.3. The summed E-state index contributed by atoms with van der Waals surface area (Å²) in [5.74, 6) is 0. The predicted octanol–water partition coefficient (Wildman–Crippen LogP) is 1.41. The van der Waals surface area contributed by atoms with Crippen LogP contribution in [0, 0.1) is 0 Å². The van der Waals surface area contributed by atoms with Crippen molar-refractivity contribution in [2.45, 2.75) is 19.5 Å². The van der Waals surface area contributed by atoms with Gasteiger partial charge in [0.05, 0.1) is 5.39 Å². The summed E-state index contributed by atoms with van der Waals surface area (Å²) in [7, 11) is 0. The molecule has 2 rings (SSSR count). The quantitative estimate of drug-likeness (QED) is 0.811. The molecule has 0 bridgehead atoms. The summed E-state index contributed by atoms with van der Waals surface area (Å²) < 4.78 is 2.70. The number of thiophene rings is 1. The molecule has 0 saturated heterocycles. The Kier molecular flexibility index (Phi) is 2.39. The molecule has 0 saturated carbocycles. The summed E-state index contributed by atoms with van der Waals surface area (Å²) in [6.45, 7) is 2.47. The van der Waals surface area contributed by atoms with Crippen LogP contribution in [-0.2, 0) is 6.54 Å². The molecule has 0 aromatic carbocycles. The van der Waals surface area contributed by atoms with E-state index in [1.165, 1.54) is 0 Å². The molecule has 0 amide bonds. The lowest BCUT2D eigenvalue weighted by Crippen LogP contribution is -2.29. The molecule has 0 aliphatic heterocycles. The molecular weight excluding hydrogens is 196 g/mol. The largest absolute Gasteiger partial charge is 0.326 e. The molecule has 2 heterocycles. The lowest BCUT2D eigenvalue weighted by molar-refractivity contribution is 0.577. The average Bonchev–Trinajstić information content (AvgIpc) is 2.57. The highest BCUT2D eigenvalue weighted by Crippen LogP contribution is 2.16. The van der Waals surface area contributed by atoms with Gasteiger partial charge in [0.2, 0.25) is 0 Å². The van der Waals surface area contributed by atoms with Gasteiger partial charge < -0.3 is 10.3 Å². The third-order valence-electron chi connectivity index (χ3n) is 2.08. The summed E-state index contributed by atoms with van der Waals surface area (Å²) in [6, 6.07) is 3.83. The van der Waals surface area contributed by atoms with E-state index in [4.69, 9.17) is 5.73 Å². The second-order valence-electron chi connectivity index (χ2n) is 3.45. The van der Waals surface area contributed by atoms with Gasteiger partial charge in [-0.3, -0.25) is 4.79 Å². The first-order valence-electron chi connectivity index (χ1n) is 4.50. The van der Waals surface area contributed by atoms with E-state index >= 15 is 0 Å². The fraction of sp³-hybridized carbons (Fsp3) is 0.300. The minimum Gasteiger partial charge on any atom is -0.326 e. The van der Waals surface area contributed by atoms with Crippen LogP contribution in [0.2, 0.25) is 0 Å². The van der Waals surface area contributed by atoms with Gasteiger partial charge in [-0.25, -0.2) is 0 Å². The molecule has 0 aliphatic carbocycles. The van der Waals surface area contributed by atoms with Crippen LogP contribution >= 0.6 is 11.3 Å². The molecule has 2 aromatic heterocycles. The van der Waals surface area contributed by atoms with E-state index in [-0.39, 0.29) is 11.6 Å². The van der Waals surface area contributed by atoms with Gasteiger partial charge in [-0.2, -0.15) is 0 Å². The molecule has 3 nitrogen and oxygen atoms in total. The molecule has 74 valence electrons. The van der Waals surface area contributed by atoms with Crippen LogP contribution in [0.1, 0.15) is 6.92 Å². The second kappa shape index (κ2) is 3.55. The smallest absolute Gasteiger partial charge is 0.259 e. The van der Waals surface area contributed by atoms with Crippen LogP contribution in [0.15, 0.2) is 28.5 Å². The molecule has 14 heavy (non-hydrogen) atoms. The van der Waals surface area contributed by atoms with Crippen LogP contribution in [0.25, 0.3) is 10.1 Å². The zero-order chi connectivity index (χ0) is 10.1. The maximum absolute atomic E-state index is 11.8. The molecule has 0 aliphatic rings. The molecule has 4 heteroatoms. The van der Waals surface area contributed by atoms with E-state index in [1.54, 1.807) is 15.9 Å². The number of fused-ring (bicyclic) bond motifs is 1. The van der Waals surface area contributed by atoms with Crippen molar-refractivity contribution in [2.75, 3.05) is 0 Å². The van der Waals surface area contributed by atoms with Crippen LogP contribution in [0.4, 0.5) is 0 Å². The third-order valence-corrected chi connectivity index (χ3v) is 2.96. The summed E-state index contributed by atoms with van der Waals surface area (Å²) in [5, 5.41) is 2.72. The fourth-order valence-corrected chi connectivity index (χ4v) is 2.23. The standard InChI is InChI=1S/C10H12N2OS/c1-7(11)6-12-4-2-9-8(10(12)13)3-5-14-9/h2-5,7H,6,11H2,1H3. The first-order valence-corrected chi connectivity index (χ1v) is 5.38. The number of hydrogen-bond donors (Lipinski definition) is 1. The summed E-state index contributed by atoms with van der Waals surface area (Å²) in [6.07, 6.45) is 1.81. The average molecular weight is 208 g/mol. The fourth-order valence-electron chi connectivity index (χ4n) is 1.46. The highest BCUT2D eigenvalue weighted by molar-refractivity contribution is 7.17. The van der Waals surface area contributed by atoms with Crippen LogP contribution < -0.4 is 11.3 Å². The topological polar surface area (TPSA) is 48.0 Å². The second-order valence-corrected chi connectivity index (χ2v) is 4.40. The van der Waals surface area contributed by atoms with Gasteiger partial charge in [-0.05, 0) is 24.4 Å². The summed E-state index contributed by atoms with van der Waals surface area (Å²) in [5.41, 5.74) is 5.71. The van der Waals surface area contributed by atoms with Crippen LogP contribution in [0.3, 0.4) is 0 Å². The Balaban J connectivity index is 2.57. The zero-order valence-corrected chi connectivity index (χ0v) is 8.75. The van der Waals surface area contributed by atoms with Gasteiger partial charge in [0.1, 0.15) is 0 Å². The van der Waals surface area contributed by atoms with Gasteiger partial charge in [0, 0.05) is 23.5 Å². The Bertz CT molecular complexity index is 498. The maximum atomic E-state index is 11.8. The van der Waals surface area contributed by atoms with Crippen molar-refractivity contribution >= 4 is 21.4 Å². The van der Waals surface area contributed by atoms with Crippen molar-refractivity contribution in [3.63, 3.8) is 0 Å². The highest BCUT2D eigenvalue weighted by Gasteiger charge is 2.04. The zero-order valence-electron chi connectivity index (χ0n) is 7.93. The number of hydrogen-bond acceptors (Lipinski definition) is 3. The molecule has 1 unspecified atom stereocenters. The van der Waals surface area contributed by atoms with Gasteiger partial charge in [-0.15, -0.1) is 11.3 Å². The summed E-state index contributed by atoms with van der Waals surface area (Å²) in [4.78, 5) is 11.8. The molecule has 0 radical (unpaired) electrons. The maximum Gasteiger partial charge on any atom is 0.259 e. The highest BCUT2D eigenvalue weighted by atomic mass is 32.1. The van der Waals surface area contributed by atoms with Gasteiger partial charge >= 0.3 is 0 Å². The monoisotopic (exact) mass is 208 g/mol. The van der Waals surface area contributed by atoms with E-state index in [9.17, 15) is 4.79 Å². The van der Waals surface area contributed by atoms with E-state index in [1.807, 2.05) is 30.6 Å². The molecule has 2 N–H and O–H groups in total. The van der Waals surface area contributed by atoms with E-state index in [2.05, 4.69) is 0 Å². The summed E-state index contributed by atoms with van der Waals surface area (Å²) >= 11 is 1.58. The Morgan fingerprint density at radius 3 is 3.07 bits per heavy atom. The van der Waals surface area contributed by atoms with Gasteiger partial charge in [-0.1, -0.05) is 0 Å². The Labute approximate surface area is 85.8 Å². The van der Waals surface area contributed by atoms with Crippen LogP contribution in [0.5, 0.6) is 0 Å².